The Kier molecular flexibility index (Phi) is 3.38. The van der Waals surface area contributed by atoms with Crippen molar-refractivity contribution in [2.24, 2.45) is 0 Å². The number of hydrogen-bond donors (Lipinski definition) is 1. The molecule has 0 atom stereocenters. The first kappa shape index (κ1) is 12.3. The van der Waals surface area contributed by atoms with Crippen LogP contribution in [0.1, 0.15) is 5.56 Å². The van der Waals surface area contributed by atoms with Crippen LogP contribution in [0.3, 0.4) is 0 Å². The zero-order valence-electron chi connectivity index (χ0n) is 9.52. The van der Waals surface area contributed by atoms with Crippen LogP contribution in [-0.4, -0.2) is 40.0 Å². The highest BCUT2D eigenvalue weighted by Crippen LogP contribution is 2.19. The molecule has 0 radical (unpaired) electrons. The summed E-state index contributed by atoms with van der Waals surface area (Å²) in [4.78, 5) is 23.3. The lowest BCUT2D eigenvalue weighted by Crippen LogP contribution is -2.52. The lowest BCUT2D eigenvalue weighted by molar-refractivity contribution is -0.385. The number of nitrogens with zero attached hydrogens (tertiary/aromatic N) is 2. The van der Waals surface area contributed by atoms with Crippen molar-refractivity contribution in [2.75, 3.05) is 13.1 Å². The zero-order chi connectivity index (χ0) is 13.1. The maximum atomic E-state index is 11.6. The molecule has 0 unspecified atom stereocenters. The molecule has 1 saturated heterocycles. The summed E-state index contributed by atoms with van der Waals surface area (Å²) in [5.41, 5.74) is 0.349. The van der Waals surface area contributed by atoms with Crippen molar-refractivity contribution < 1.29 is 14.8 Å². The van der Waals surface area contributed by atoms with Crippen LogP contribution in [0.4, 0.5) is 5.69 Å². The number of carbonyl (C=O) groups excluding carboxylic acids is 1. The van der Waals surface area contributed by atoms with E-state index in [-0.39, 0.29) is 11.6 Å². The molecule has 2 rings (SSSR count). The van der Waals surface area contributed by atoms with E-state index in [1.165, 1.54) is 23.1 Å². The second-order valence-electron chi connectivity index (χ2n) is 4.05. The van der Waals surface area contributed by atoms with Gasteiger partial charge in [0.25, 0.3) is 5.69 Å². The Morgan fingerprint density at radius 2 is 2.11 bits per heavy atom. The summed E-state index contributed by atoms with van der Waals surface area (Å²) in [6.07, 6.45) is 2.26. The first-order valence-electron chi connectivity index (χ1n) is 5.46. The Balaban J connectivity index is 2.09. The maximum Gasteiger partial charge on any atom is 0.276 e. The van der Waals surface area contributed by atoms with Gasteiger partial charge in [0.1, 0.15) is 0 Å². The molecular weight excluding hydrogens is 236 g/mol. The van der Waals surface area contributed by atoms with E-state index in [4.69, 9.17) is 5.11 Å². The van der Waals surface area contributed by atoms with E-state index in [2.05, 4.69) is 0 Å². The SMILES string of the molecule is O=C(C=Cc1ccccc1[N+](=O)[O-])N1CC(O)C1. The Labute approximate surface area is 103 Å². The summed E-state index contributed by atoms with van der Waals surface area (Å²) in [7, 11) is 0. The number of aliphatic hydroxyl groups excluding tert-OH is 1. The monoisotopic (exact) mass is 248 g/mol. The van der Waals surface area contributed by atoms with E-state index < -0.39 is 11.0 Å². The van der Waals surface area contributed by atoms with Gasteiger partial charge in [-0.2, -0.15) is 0 Å². The number of aliphatic hydroxyl groups is 1. The molecule has 0 bridgehead atoms. The molecule has 1 aromatic rings. The van der Waals surface area contributed by atoms with Gasteiger partial charge in [-0.3, -0.25) is 14.9 Å². The second-order valence-corrected chi connectivity index (χ2v) is 4.05. The van der Waals surface area contributed by atoms with E-state index in [0.717, 1.165) is 0 Å². The van der Waals surface area contributed by atoms with Crippen LogP contribution in [0, 0.1) is 10.1 Å². The van der Waals surface area contributed by atoms with Crippen molar-refractivity contribution in [3.63, 3.8) is 0 Å². The highest BCUT2D eigenvalue weighted by molar-refractivity contribution is 5.92. The number of nitro groups is 1. The summed E-state index contributed by atoms with van der Waals surface area (Å²) < 4.78 is 0. The van der Waals surface area contributed by atoms with E-state index in [1.807, 2.05) is 0 Å². The number of carbonyl (C=O) groups is 1. The van der Waals surface area contributed by atoms with Gasteiger partial charge in [-0.05, 0) is 12.1 Å². The lowest BCUT2D eigenvalue weighted by Gasteiger charge is -2.34. The first-order chi connectivity index (χ1) is 8.58. The number of para-hydroxylation sites is 1. The van der Waals surface area contributed by atoms with Crippen molar-refractivity contribution in [3.8, 4) is 0 Å². The third kappa shape index (κ3) is 2.54. The number of benzene rings is 1. The van der Waals surface area contributed by atoms with E-state index in [0.29, 0.717) is 18.7 Å². The Bertz CT molecular complexity index is 507. The molecule has 94 valence electrons. The number of nitro benzene ring substituents is 1. The van der Waals surface area contributed by atoms with E-state index in [1.54, 1.807) is 18.2 Å². The molecule has 1 amide bonds. The summed E-state index contributed by atoms with van der Waals surface area (Å²) in [5.74, 6) is -0.251. The van der Waals surface area contributed by atoms with Crippen molar-refractivity contribution in [1.82, 2.24) is 4.90 Å². The fraction of sp³-hybridized carbons (Fsp3) is 0.250. The van der Waals surface area contributed by atoms with E-state index >= 15 is 0 Å². The normalized spacial score (nSPS) is 15.7. The average Bonchev–Trinajstić information content (AvgIpc) is 2.32. The van der Waals surface area contributed by atoms with Crippen LogP contribution in [0.25, 0.3) is 6.08 Å². The molecule has 0 spiro atoms. The van der Waals surface area contributed by atoms with Gasteiger partial charge >= 0.3 is 0 Å². The molecule has 0 aliphatic carbocycles. The number of amides is 1. The molecule has 18 heavy (non-hydrogen) atoms. The highest BCUT2D eigenvalue weighted by atomic mass is 16.6. The maximum absolute atomic E-state index is 11.6. The van der Waals surface area contributed by atoms with Gasteiger partial charge in [0.05, 0.1) is 16.6 Å². The summed E-state index contributed by atoms with van der Waals surface area (Å²) in [6, 6.07) is 6.21. The van der Waals surface area contributed by atoms with Crippen molar-refractivity contribution >= 4 is 17.7 Å². The summed E-state index contributed by atoms with van der Waals surface area (Å²) in [5, 5.41) is 19.8. The van der Waals surface area contributed by atoms with Gasteiger partial charge in [-0.25, -0.2) is 0 Å². The average molecular weight is 248 g/mol. The lowest BCUT2D eigenvalue weighted by atomic mass is 10.1. The van der Waals surface area contributed by atoms with Gasteiger partial charge < -0.3 is 10.0 Å². The van der Waals surface area contributed by atoms with Crippen LogP contribution in [0.15, 0.2) is 30.3 Å². The van der Waals surface area contributed by atoms with Crippen molar-refractivity contribution in [2.45, 2.75) is 6.10 Å². The van der Waals surface area contributed by atoms with Gasteiger partial charge in [0.15, 0.2) is 0 Å². The molecule has 1 aliphatic rings. The number of β-amino-alcohol motifs (C(OH)–C–C–N with tert-alkyl or cyclic N) is 1. The molecular formula is C12H12N2O4. The van der Waals surface area contributed by atoms with Crippen LogP contribution in [0.2, 0.25) is 0 Å². The second kappa shape index (κ2) is 4.97. The Hall–Kier alpha value is -2.21. The highest BCUT2D eigenvalue weighted by Gasteiger charge is 2.27. The molecule has 1 aromatic carbocycles. The van der Waals surface area contributed by atoms with Gasteiger partial charge in [0.2, 0.25) is 5.91 Å². The smallest absolute Gasteiger partial charge is 0.276 e. The molecule has 1 aliphatic heterocycles. The third-order valence-corrected chi connectivity index (χ3v) is 2.71. The minimum absolute atomic E-state index is 0.0369. The fourth-order valence-corrected chi connectivity index (χ4v) is 1.70. The topological polar surface area (TPSA) is 83.7 Å². The summed E-state index contributed by atoms with van der Waals surface area (Å²) in [6.45, 7) is 0.639. The minimum atomic E-state index is -0.489. The van der Waals surface area contributed by atoms with Crippen LogP contribution in [-0.2, 0) is 4.79 Å². The molecule has 1 heterocycles. The molecule has 0 aromatic heterocycles. The molecule has 0 saturated carbocycles. The molecule has 6 nitrogen and oxygen atoms in total. The van der Waals surface area contributed by atoms with Crippen molar-refractivity contribution in [1.29, 1.82) is 0 Å². The van der Waals surface area contributed by atoms with Gasteiger partial charge in [-0.15, -0.1) is 0 Å². The van der Waals surface area contributed by atoms with Crippen LogP contribution in [0.5, 0.6) is 0 Å². The number of hydrogen-bond acceptors (Lipinski definition) is 4. The number of likely N-dealkylation sites (tertiary alicyclic amines) is 1. The fourth-order valence-electron chi connectivity index (χ4n) is 1.70. The predicted octanol–water partition coefficient (Wildman–Crippen LogP) is 0.811. The van der Waals surface area contributed by atoms with Gasteiger partial charge in [-0.1, -0.05) is 12.1 Å². The number of rotatable bonds is 3. The minimum Gasteiger partial charge on any atom is -0.389 e. The predicted molar refractivity (Wildman–Crippen MR) is 64.7 cm³/mol. The quantitative estimate of drug-likeness (QED) is 0.487. The zero-order valence-corrected chi connectivity index (χ0v) is 9.52. The Morgan fingerprint density at radius 3 is 2.72 bits per heavy atom. The van der Waals surface area contributed by atoms with E-state index in [9.17, 15) is 14.9 Å². The molecule has 1 fully saturated rings. The standard InChI is InChI=1S/C12H12N2O4/c15-10-7-13(8-10)12(16)6-5-9-3-1-2-4-11(9)14(17)18/h1-6,10,15H,7-8H2. The molecule has 1 N–H and O–H groups in total. The Morgan fingerprint density at radius 1 is 1.44 bits per heavy atom. The van der Waals surface area contributed by atoms with Crippen LogP contribution < -0.4 is 0 Å². The van der Waals surface area contributed by atoms with Crippen LogP contribution >= 0.6 is 0 Å². The largest absolute Gasteiger partial charge is 0.389 e. The van der Waals surface area contributed by atoms with Crippen molar-refractivity contribution in [3.05, 3.63) is 46.0 Å². The van der Waals surface area contributed by atoms with Gasteiger partial charge in [0, 0.05) is 25.2 Å². The summed E-state index contributed by atoms with van der Waals surface area (Å²) >= 11 is 0. The molecule has 6 heteroatoms. The third-order valence-electron chi connectivity index (χ3n) is 2.71. The first-order valence-corrected chi connectivity index (χ1v) is 5.46.